The van der Waals surface area contributed by atoms with Gasteiger partial charge in [-0.2, -0.15) is 13.2 Å². The molecular weight excluding hydrogens is 482 g/mol. The fourth-order valence-corrected chi connectivity index (χ4v) is 4.64. The number of hydrogen-bond donors (Lipinski definition) is 3. The third kappa shape index (κ3) is 10.6. The van der Waals surface area contributed by atoms with Crippen LogP contribution in [0.15, 0.2) is 36.4 Å². The van der Waals surface area contributed by atoms with E-state index in [4.69, 9.17) is 15.0 Å². The van der Waals surface area contributed by atoms with E-state index in [1.165, 1.54) is 39.0 Å². The van der Waals surface area contributed by atoms with Gasteiger partial charge in [0.1, 0.15) is 5.82 Å². The van der Waals surface area contributed by atoms with Crippen LogP contribution in [-0.2, 0) is 9.59 Å². The van der Waals surface area contributed by atoms with Crippen LogP contribution in [0.3, 0.4) is 0 Å². The minimum Gasteiger partial charge on any atom is -0.481 e. The first kappa shape index (κ1) is 26.8. The average molecular weight is 500 g/mol. The van der Waals surface area contributed by atoms with Gasteiger partial charge in [-0.15, -0.1) is 11.3 Å². The van der Waals surface area contributed by atoms with Crippen molar-refractivity contribution in [2.75, 3.05) is 18.1 Å². The van der Waals surface area contributed by atoms with E-state index in [0.717, 1.165) is 4.88 Å². The SMILES string of the molecule is O=C(O)C(F)(F)F.O=C(O)CCSSCCNC(=O)c1ccc(-c2ccccc2F)s1. The van der Waals surface area contributed by atoms with E-state index >= 15 is 0 Å². The van der Waals surface area contributed by atoms with Crippen LogP contribution in [0.4, 0.5) is 17.6 Å². The third-order valence-corrected chi connectivity index (χ3v) is 6.69. The number of nitrogens with one attached hydrogen (secondary N) is 1. The van der Waals surface area contributed by atoms with E-state index in [0.29, 0.717) is 28.5 Å². The van der Waals surface area contributed by atoms with Gasteiger partial charge in [-0.25, -0.2) is 9.18 Å². The monoisotopic (exact) mass is 499 g/mol. The maximum Gasteiger partial charge on any atom is 0.490 e. The van der Waals surface area contributed by atoms with Gasteiger partial charge in [0.05, 0.1) is 11.3 Å². The Morgan fingerprint density at radius 2 is 1.61 bits per heavy atom. The molecule has 0 saturated carbocycles. The van der Waals surface area contributed by atoms with Crippen LogP contribution in [0.5, 0.6) is 0 Å². The molecule has 2 aromatic rings. The van der Waals surface area contributed by atoms with Crippen LogP contribution in [0.2, 0.25) is 0 Å². The highest BCUT2D eigenvalue weighted by molar-refractivity contribution is 8.76. The molecular formula is C18H17F4NO5S3. The van der Waals surface area contributed by atoms with Crippen molar-refractivity contribution in [1.82, 2.24) is 5.32 Å². The van der Waals surface area contributed by atoms with E-state index in [1.54, 1.807) is 30.3 Å². The number of carboxylic acids is 2. The highest BCUT2D eigenvalue weighted by Crippen LogP contribution is 2.30. The molecule has 0 aliphatic carbocycles. The highest BCUT2D eigenvalue weighted by Gasteiger charge is 2.38. The van der Waals surface area contributed by atoms with Gasteiger partial charge >= 0.3 is 18.1 Å². The number of alkyl halides is 3. The second kappa shape index (κ2) is 13.2. The van der Waals surface area contributed by atoms with Crippen molar-refractivity contribution in [3.8, 4) is 10.4 Å². The largest absolute Gasteiger partial charge is 0.490 e. The topological polar surface area (TPSA) is 104 Å². The summed E-state index contributed by atoms with van der Waals surface area (Å²) in [7, 11) is 3.01. The number of thiophene rings is 1. The van der Waals surface area contributed by atoms with Crippen molar-refractivity contribution < 1.29 is 42.2 Å². The Morgan fingerprint density at radius 1 is 1.00 bits per heavy atom. The number of amides is 1. The summed E-state index contributed by atoms with van der Waals surface area (Å²) in [6, 6.07) is 9.91. The highest BCUT2D eigenvalue weighted by atomic mass is 33.1. The smallest absolute Gasteiger partial charge is 0.481 e. The van der Waals surface area contributed by atoms with E-state index in [2.05, 4.69) is 5.32 Å². The van der Waals surface area contributed by atoms with Gasteiger partial charge in [-0.1, -0.05) is 39.8 Å². The second-order valence-corrected chi connectivity index (χ2v) is 9.28. The maximum atomic E-state index is 13.8. The zero-order chi connectivity index (χ0) is 23.4. The molecule has 170 valence electrons. The van der Waals surface area contributed by atoms with Gasteiger partial charge < -0.3 is 15.5 Å². The zero-order valence-corrected chi connectivity index (χ0v) is 18.1. The minimum absolute atomic E-state index is 0.137. The average Bonchev–Trinajstić information content (AvgIpc) is 3.17. The lowest BCUT2D eigenvalue weighted by Gasteiger charge is -2.03. The van der Waals surface area contributed by atoms with Crippen molar-refractivity contribution in [1.29, 1.82) is 0 Å². The third-order valence-electron chi connectivity index (χ3n) is 3.17. The summed E-state index contributed by atoms with van der Waals surface area (Å²) in [5.41, 5.74) is 0.493. The Labute approximate surface area is 186 Å². The fraction of sp³-hybridized carbons (Fsp3) is 0.278. The summed E-state index contributed by atoms with van der Waals surface area (Å²) in [6.45, 7) is 0.497. The number of benzene rings is 1. The lowest BCUT2D eigenvalue weighted by atomic mass is 10.2. The van der Waals surface area contributed by atoms with Crippen LogP contribution in [0.25, 0.3) is 10.4 Å². The number of rotatable bonds is 9. The van der Waals surface area contributed by atoms with Gasteiger partial charge in [-0.05, 0) is 18.2 Å². The van der Waals surface area contributed by atoms with Crippen molar-refractivity contribution in [2.24, 2.45) is 0 Å². The molecule has 1 heterocycles. The molecule has 0 atom stereocenters. The molecule has 0 fully saturated rings. The molecule has 31 heavy (non-hydrogen) atoms. The predicted molar refractivity (Wildman–Crippen MR) is 113 cm³/mol. The molecule has 1 aromatic heterocycles. The molecule has 0 spiro atoms. The van der Waals surface area contributed by atoms with Gasteiger partial charge in [0, 0.05) is 28.5 Å². The summed E-state index contributed by atoms with van der Waals surface area (Å²) in [4.78, 5) is 32.6. The van der Waals surface area contributed by atoms with Gasteiger partial charge in [0.25, 0.3) is 5.91 Å². The minimum atomic E-state index is -5.08. The number of carbonyl (C=O) groups is 3. The van der Waals surface area contributed by atoms with E-state index in [-0.39, 0.29) is 18.1 Å². The van der Waals surface area contributed by atoms with Crippen LogP contribution in [0.1, 0.15) is 16.1 Å². The first-order valence-electron chi connectivity index (χ1n) is 8.41. The molecule has 1 amide bonds. The number of aliphatic carboxylic acids is 2. The van der Waals surface area contributed by atoms with Crippen LogP contribution in [-0.4, -0.2) is 52.3 Å². The van der Waals surface area contributed by atoms with Crippen molar-refractivity contribution in [2.45, 2.75) is 12.6 Å². The van der Waals surface area contributed by atoms with E-state index in [1.807, 2.05) is 0 Å². The van der Waals surface area contributed by atoms with Gasteiger partial charge in [0.15, 0.2) is 0 Å². The molecule has 0 saturated heterocycles. The van der Waals surface area contributed by atoms with E-state index in [9.17, 15) is 27.2 Å². The molecule has 0 unspecified atom stereocenters. The molecule has 3 N–H and O–H groups in total. The first-order chi connectivity index (χ1) is 14.5. The molecule has 13 heteroatoms. The predicted octanol–water partition coefficient (Wildman–Crippen LogP) is 4.77. The lowest BCUT2D eigenvalue weighted by molar-refractivity contribution is -0.192. The summed E-state index contributed by atoms with van der Waals surface area (Å²) < 4.78 is 45.5. The molecule has 0 radical (unpaired) electrons. The van der Waals surface area contributed by atoms with Gasteiger partial charge in [-0.3, -0.25) is 9.59 Å². The van der Waals surface area contributed by atoms with Crippen molar-refractivity contribution >= 4 is 50.8 Å². The van der Waals surface area contributed by atoms with Crippen LogP contribution in [0, 0.1) is 5.82 Å². The van der Waals surface area contributed by atoms with E-state index < -0.39 is 18.1 Å². The molecule has 0 bridgehead atoms. The number of hydrogen-bond acceptors (Lipinski definition) is 6. The first-order valence-corrected chi connectivity index (χ1v) is 11.7. The summed E-state index contributed by atoms with van der Waals surface area (Å²) in [5, 5.41) is 18.4. The Bertz CT molecular complexity index is 889. The molecule has 1 aromatic carbocycles. The second-order valence-electron chi connectivity index (χ2n) is 5.49. The normalized spacial score (nSPS) is 10.7. The molecule has 0 aliphatic heterocycles. The maximum absolute atomic E-state index is 13.8. The number of halogens is 4. The Balaban J connectivity index is 0.000000592. The van der Waals surface area contributed by atoms with Crippen molar-refractivity contribution in [3.05, 3.63) is 47.1 Å². The fourth-order valence-electron chi connectivity index (χ4n) is 1.81. The van der Waals surface area contributed by atoms with Crippen molar-refractivity contribution in [3.63, 3.8) is 0 Å². The lowest BCUT2D eigenvalue weighted by Crippen LogP contribution is -2.24. The summed E-state index contributed by atoms with van der Waals surface area (Å²) >= 11 is 1.25. The Morgan fingerprint density at radius 3 is 2.19 bits per heavy atom. The Kier molecular flexibility index (Phi) is 11.4. The zero-order valence-electron chi connectivity index (χ0n) is 15.6. The number of carbonyl (C=O) groups excluding carboxylic acids is 1. The van der Waals surface area contributed by atoms with Crippen LogP contribution < -0.4 is 5.32 Å². The summed E-state index contributed by atoms with van der Waals surface area (Å²) in [6.07, 6.45) is -4.95. The summed E-state index contributed by atoms with van der Waals surface area (Å²) in [5.74, 6) is -2.81. The molecule has 2 rings (SSSR count). The number of carboxylic acid groups (broad SMARTS) is 2. The van der Waals surface area contributed by atoms with Gasteiger partial charge in [0.2, 0.25) is 0 Å². The van der Waals surface area contributed by atoms with Crippen LogP contribution >= 0.6 is 32.9 Å². The molecule has 6 nitrogen and oxygen atoms in total. The quantitative estimate of drug-likeness (QED) is 0.259. The Hall–Kier alpha value is -2.25. The molecule has 0 aliphatic rings. The standard InChI is InChI=1S/C16H16FNO3S3.C2HF3O2/c17-12-4-2-1-3-11(12)13-5-6-14(24-13)16(21)18-8-10-23-22-9-7-15(19)20;3-2(4,5)1(6)7/h1-6H,7-10H2,(H,18,21)(H,19,20);(H,6,7).